The smallest absolute Gasteiger partial charge is 0.277 e. The zero-order chi connectivity index (χ0) is 22.0. The quantitative estimate of drug-likeness (QED) is 0.628. The Morgan fingerprint density at radius 1 is 1.32 bits per heavy atom. The van der Waals surface area contributed by atoms with Crippen LogP contribution in [0.4, 0.5) is 5.95 Å². The minimum atomic E-state index is -0.0954. The summed E-state index contributed by atoms with van der Waals surface area (Å²) in [6.07, 6.45) is 2.73. The van der Waals surface area contributed by atoms with Crippen molar-refractivity contribution in [3.63, 3.8) is 0 Å². The number of amides is 1. The number of fused-ring (bicyclic) bond motifs is 1. The third-order valence-corrected chi connectivity index (χ3v) is 6.71. The molecule has 1 fully saturated rings. The number of carbonyl (C=O) groups is 1. The van der Waals surface area contributed by atoms with Gasteiger partial charge in [0.2, 0.25) is 11.9 Å². The zero-order valence-electron chi connectivity index (χ0n) is 18.4. The highest BCUT2D eigenvalue weighted by Crippen LogP contribution is 2.26. The van der Waals surface area contributed by atoms with Crippen LogP contribution in [0.15, 0.2) is 40.5 Å². The maximum Gasteiger partial charge on any atom is 0.277 e. The first kappa shape index (κ1) is 21.6. The van der Waals surface area contributed by atoms with Crippen LogP contribution < -0.4 is 15.8 Å². The van der Waals surface area contributed by atoms with Gasteiger partial charge in [-0.2, -0.15) is 0 Å². The predicted molar refractivity (Wildman–Crippen MR) is 127 cm³/mol. The number of rotatable bonds is 6. The summed E-state index contributed by atoms with van der Waals surface area (Å²) in [5.41, 5.74) is 2.57. The fourth-order valence-electron chi connectivity index (χ4n) is 4.11. The Morgan fingerprint density at radius 3 is 2.94 bits per heavy atom. The Hall–Kier alpha value is -2.67. The van der Waals surface area contributed by atoms with Gasteiger partial charge < -0.3 is 10.2 Å². The van der Waals surface area contributed by atoms with Crippen molar-refractivity contribution in [2.75, 3.05) is 24.5 Å². The highest BCUT2D eigenvalue weighted by molar-refractivity contribution is 7.17. The van der Waals surface area contributed by atoms with E-state index in [1.165, 1.54) is 11.3 Å². The highest BCUT2D eigenvalue weighted by atomic mass is 32.1. The second-order valence-corrected chi connectivity index (χ2v) is 9.70. The van der Waals surface area contributed by atoms with Gasteiger partial charge in [0.25, 0.3) is 5.56 Å². The molecule has 0 aliphatic carbocycles. The summed E-state index contributed by atoms with van der Waals surface area (Å²) in [6, 6.07) is 9.82. The SMILES string of the molecule is Cc1cccc(-n2c(N3CCC[C@H](C(=O)NCCC(C)C)C3)nc3ccsc3c2=O)c1. The molecule has 0 spiro atoms. The number of carbonyl (C=O) groups excluding carboxylic acids is 1. The molecular formula is C24H30N4O2S. The van der Waals surface area contributed by atoms with Crippen LogP contribution in [0.2, 0.25) is 0 Å². The predicted octanol–water partition coefficient (Wildman–Crippen LogP) is 4.13. The van der Waals surface area contributed by atoms with Crippen LogP contribution in [-0.2, 0) is 4.79 Å². The average Bonchev–Trinajstić information content (AvgIpc) is 3.22. The Labute approximate surface area is 186 Å². The molecule has 1 aliphatic heterocycles. The van der Waals surface area contributed by atoms with E-state index in [-0.39, 0.29) is 17.4 Å². The van der Waals surface area contributed by atoms with Gasteiger partial charge in [-0.05, 0) is 61.2 Å². The van der Waals surface area contributed by atoms with Crippen LogP contribution in [0.25, 0.3) is 15.9 Å². The molecule has 3 aromatic rings. The Kier molecular flexibility index (Phi) is 6.41. The molecule has 1 amide bonds. The summed E-state index contributed by atoms with van der Waals surface area (Å²) in [5.74, 6) is 1.20. The fraction of sp³-hybridized carbons (Fsp3) is 0.458. The van der Waals surface area contributed by atoms with E-state index < -0.39 is 0 Å². The van der Waals surface area contributed by atoms with Crippen LogP contribution in [-0.4, -0.2) is 35.1 Å². The minimum absolute atomic E-state index is 0.0518. The van der Waals surface area contributed by atoms with E-state index in [1.807, 2.05) is 42.6 Å². The van der Waals surface area contributed by atoms with E-state index in [0.29, 0.717) is 29.7 Å². The number of hydrogen-bond donors (Lipinski definition) is 1. The molecule has 2 aromatic heterocycles. The van der Waals surface area contributed by atoms with Crippen LogP contribution in [0.1, 0.15) is 38.7 Å². The Balaban J connectivity index is 1.67. The van der Waals surface area contributed by atoms with Crippen LogP contribution in [0.5, 0.6) is 0 Å². The molecule has 4 rings (SSSR count). The second-order valence-electron chi connectivity index (χ2n) is 8.79. The monoisotopic (exact) mass is 438 g/mol. The van der Waals surface area contributed by atoms with Crippen molar-refractivity contribution >= 4 is 33.4 Å². The van der Waals surface area contributed by atoms with E-state index in [0.717, 1.165) is 42.6 Å². The van der Waals surface area contributed by atoms with Crippen LogP contribution in [0, 0.1) is 18.8 Å². The first-order chi connectivity index (χ1) is 14.9. The van der Waals surface area contributed by atoms with Gasteiger partial charge >= 0.3 is 0 Å². The molecule has 1 saturated heterocycles. The van der Waals surface area contributed by atoms with Crippen molar-refractivity contribution in [2.24, 2.45) is 11.8 Å². The molecule has 3 heterocycles. The van der Waals surface area contributed by atoms with Crippen molar-refractivity contribution in [1.29, 1.82) is 0 Å². The molecule has 1 aliphatic rings. The Bertz CT molecular complexity index is 1130. The molecule has 0 saturated carbocycles. The van der Waals surface area contributed by atoms with Crippen molar-refractivity contribution in [2.45, 2.75) is 40.0 Å². The standard InChI is InChI=1S/C24H30N4O2S/c1-16(2)9-11-25-22(29)18-7-5-12-27(15-18)24-26-20-10-13-31-21(20)23(30)28(24)19-8-4-6-17(3)14-19/h4,6,8,10,13-14,16,18H,5,7,9,11-12,15H2,1-3H3,(H,25,29)/t18-/m0/s1. The van der Waals surface area contributed by atoms with Gasteiger partial charge in [-0.25, -0.2) is 9.55 Å². The molecule has 7 heteroatoms. The van der Waals surface area contributed by atoms with Gasteiger partial charge in [-0.3, -0.25) is 9.59 Å². The lowest BCUT2D eigenvalue weighted by Gasteiger charge is -2.34. The van der Waals surface area contributed by atoms with E-state index >= 15 is 0 Å². The van der Waals surface area contributed by atoms with Crippen molar-refractivity contribution in [3.8, 4) is 5.69 Å². The van der Waals surface area contributed by atoms with Crippen molar-refractivity contribution in [1.82, 2.24) is 14.9 Å². The van der Waals surface area contributed by atoms with Gasteiger partial charge in [0, 0.05) is 19.6 Å². The number of anilines is 1. The highest BCUT2D eigenvalue weighted by Gasteiger charge is 2.29. The fourth-order valence-corrected chi connectivity index (χ4v) is 4.87. The maximum atomic E-state index is 13.4. The summed E-state index contributed by atoms with van der Waals surface area (Å²) in [5, 5.41) is 5.00. The average molecular weight is 439 g/mol. The third-order valence-electron chi connectivity index (χ3n) is 5.82. The molecular weight excluding hydrogens is 408 g/mol. The van der Waals surface area contributed by atoms with Crippen LogP contribution in [0.3, 0.4) is 0 Å². The van der Waals surface area contributed by atoms with Gasteiger partial charge in [-0.1, -0.05) is 26.0 Å². The van der Waals surface area contributed by atoms with Gasteiger partial charge in [0.15, 0.2) is 0 Å². The number of nitrogens with zero attached hydrogens (tertiary/aromatic N) is 3. The number of hydrogen-bond acceptors (Lipinski definition) is 5. The molecule has 1 atom stereocenters. The lowest BCUT2D eigenvalue weighted by Crippen LogP contribution is -2.45. The number of thiophene rings is 1. The summed E-state index contributed by atoms with van der Waals surface area (Å²) >= 11 is 1.42. The Morgan fingerprint density at radius 2 is 2.16 bits per heavy atom. The summed E-state index contributed by atoms with van der Waals surface area (Å²) < 4.78 is 2.37. The molecule has 6 nitrogen and oxygen atoms in total. The van der Waals surface area contributed by atoms with E-state index in [1.54, 1.807) is 4.57 Å². The second kappa shape index (κ2) is 9.22. The molecule has 1 N–H and O–H groups in total. The van der Waals surface area contributed by atoms with Gasteiger partial charge in [0.05, 0.1) is 17.1 Å². The van der Waals surface area contributed by atoms with Gasteiger partial charge in [-0.15, -0.1) is 11.3 Å². The van der Waals surface area contributed by atoms with E-state index in [9.17, 15) is 9.59 Å². The number of piperidine rings is 1. The maximum absolute atomic E-state index is 13.4. The number of nitrogens with one attached hydrogen (secondary N) is 1. The lowest BCUT2D eigenvalue weighted by atomic mass is 9.97. The number of aromatic nitrogens is 2. The number of aryl methyl sites for hydroxylation is 1. The van der Waals surface area contributed by atoms with Crippen molar-refractivity contribution in [3.05, 3.63) is 51.6 Å². The first-order valence-corrected chi connectivity index (χ1v) is 11.9. The summed E-state index contributed by atoms with van der Waals surface area (Å²) in [6.45, 7) is 8.39. The van der Waals surface area contributed by atoms with Crippen molar-refractivity contribution < 1.29 is 4.79 Å². The zero-order valence-corrected chi connectivity index (χ0v) is 19.2. The molecule has 0 unspecified atom stereocenters. The molecule has 0 radical (unpaired) electrons. The molecule has 31 heavy (non-hydrogen) atoms. The van der Waals surface area contributed by atoms with E-state index in [4.69, 9.17) is 4.98 Å². The topological polar surface area (TPSA) is 67.2 Å². The summed E-state index contributed by atoms with van der Waals surface area (Å²) in [7, 11) is 0. The lowest BCUT2D eigenvalue weighted by molar-refractivity contribution is -0.125. The summed E-state index contributed by atoms with van der Waals surface area (Å²) in [4.78, 5) is 33.2. The van der Waals surface area contributed by atoms with E-state index in [2.05, 4.69) is 24.1 Å². The minimum Gasteiger partial charge on any atom is -0.356 e. The third kappa shape index (κ3) is 4.66. The molecule has 164 valence electrons. The van der Waals surface area contributed by atoms with Crippen LogP contribution >= 0.6 is 11.3 Å². The molecule has 0 bridgehead atoms. The largest absolute Gasteiger partial charge is 0.356 e. The normalized spacial score (nSPS) is 16.8. The molecule has 1 aromatic carbocycles. The van der Waals surface area contributed by atoms with Gasteiger partial charge in [0.1, 0.15) is 4.70 Å². The first-order valence-electron chi connectivity index (χ1n) is 11.0. The number of benzene rings is 1.